The van der Waals surface area contributed by atoms with E-state index in [0.717, 1.165) is 11.3 Å². The van der Waals surface area contributed by atoms with Gasteiger partial charge in [0, 0.05) is 31.7 Å². The first-order valence-electron chi connectivity index (χ1n) is 11.7. The van der Waals surface area contributed by atoms with Gasteiger partial charge in [-0.3, -0.25) is 4.79 Å². The maximum atomic E-state index is 13.1. The quantitative estimate of drug-likeness (QED) is 0.421. The Bertz CT molecular complexity index is 1740. The van der Waals surface area contributed by atoms with E-state index in [1.54, 1.807) is 17.6 Å². The summed E-state index contributed by atoms with van der Waals surface area (Å²) in [6.45, 7) is 2.67. The van der Waals surface area contributed by atoms with E-state index in [9.17, 15) is 26.4 Å². The molecule has 1 aliphatic rings. The van der Waals surface area contributed by atoms with Gasteiger partial charge >= 0.3 is 6.09 Å². The van der Waals surface area contributed by atoms with Gasteiger partial charge in [-0.2, -0.15) is 9.30 Å². The lowest BCUT2D eigenvalue weighted by atomic mass is 10.2. The standard InChI is InChI=1S/C24H25N5O7S3/c1-3-11-29-20-10-9-19(38(25,32)33)16-21(20)37-23(29)26-22(30)17-5-7-18(8-6-17)39(34,35)28-14-12-27(13-15-28)24(31)36-4-2/h1,5-10,16H,4,11-15H2,2H3,(H2,25,32,33). The number of nitrogens with two attached hydrogens (primary N) is 1. The van der Waals surface area contributed by atoms with Crippen LogP contribution >= 0.6 is 11.3 Å². The van der Waals surface area contributed by atoms with Gasteiger partial charge in [-0.25, -0.2) is 26.8 Å². The highest BCUT2D eigenvalue weighted by Crippen LogP contribution is 2.22. The summed E-state index contributed by atoms with van der Waals surface area (Å²) >= 11 is 1.07. The Morgan fingerprint density at radius 2 is 1.69 bits per heavy atom. The summed E-state index contributed by atoms with van der Waals surface area (Å²) in [6, 6.07) is 9.66. The van der Waals surface area contributed by atoms with Crippen molar-refractivity contribution in [2.24, 2.45) is 10.1 Å². The summed E-state index contributed by atoms with van der Waals surface area (Å²) in [7, 11) is -7.77. The summed E-state index contributed by atoms with van der Waals surface area (Å²) in [5.41, 5.74) is 0.734. The van der Waals surface area contributed by atoms with Crippen LogP contribution in [0.1, 0.15) is 17.3 Å². The van der Waals surface area contributed by atoms with Crippen LogP contribution < -0.4 is 9.94 Å². The number of rotatable bonds is 6. The molecule has 1 saturated heterocycles. The molecule has 206 valence electrons. The number of fused-ring (bicyclic) bond motifs is 1. The molecule has 2 heterocycles. The first-order valence-corrected chi connectivity index (χ1v) is 15.5. The van der Waals surface area contributed by atoms with Crippen LogP contribution in [0.5, 0.6) is 0 Å². The number of primary sulfonamides is 1. The number of amides is 2. The fourth-order valence-electron chi connectivity index (χ4n) is 3.96. The Hall–Kier alpha value is -3.55. The van der Waals surface area contributed by atoms with Crippen LogP contribution in [0.15, 0.2) is 57.2 Å². The molecule has 2 amide bonds. The fraction of sp³-hybridized carbons (Fsp3) is 0.292. The van der Waals surface area contributed by atoms with E-state index in [0.29, 0.717) is 10.2 Å². The van der Waals surface area contributed by atoms with Crippen LogP contribution in [-0.2, 0) is 31.3 Å². The number of sulfonamides is 2. The minimum absolute atomic E-state index is 0.00316. The van der Waals surface area contributed by atoms with Crippen LogP contribution in [0.3, 0.4) is 0 Å². The predicted molar refractivity (Wildman–Crippen MR) is 144 cm³/mol. The average Bonchev–Trinajstić information content (AvgIpc) is 3.24. The second kappa shape index (κ2) is 11.3. The zero-order chi connectivity index (χ0) is 28.4. The number of aromatic nitrogens is 1. The molecular weight excluding hydrogens is 566 g/mol. The van der Waals surface area contributed by atoms with E-state index in [4.69, 9.17) is 16.3 Å². The summed E-state index contributed by atoms with van der Waals surface area (Å²) in [6.07, 6.45) is 5.00. The topological polar surface area (TPSA) is 161 Å². The molecule has 0 saturated carbocycles. The van der Waals surface area contributed by atoms with Gasteiger partial charge in [-0.1, -0.05) is 17.3 Å². The Balaban J connectivity index is 1.57. The summed E-state index contributed by atoms with van der Waals surface area (Å²) in [4.78, 5) is 30.6. The molecule has 1 aliphatic heterocycles. The van der Waals surface area contributed by atoms with E-state index < -0.39 is 32.0 Å². The van der Waals surface area contributed by atoms with Crippen LogP contribution in [0, 0.1) is 12.3 Å². The second-order valence-electron chi connectivity index (χ2n) is 8.38. The molecule has 4 rings (SSSR count). The number of piperazine rings is 1. The van der Waals surface area contributed by atoms with E-state index in [-0.39, 0.29) is 59.5 Å². The molecule has 2 aromatic carbocycles. The lowest BCUT2D eigenvalue weighted by Gasteiger charge is -2.33. The molecule has 0 spiro atoms. The molecule has 0 unspecified atom stereocenters. The van der Waals surface area contributed by atoms with Crippen molar-refractivity contribution in [2.45, 2.75) is 23.3 Å². The number of carbonyl (C=O) groups excluding carboxylic acids is 2. The maximum Gasteiger partial charge on any atom is 0.409 e. The summed E-state index contributed by atoms with van der Waals surface area (Å²) < 4.78 is 58.0. The molecule has 0 aliphatic carbocycles. The Morgan fingerprint density at radius 3 is 2.28 bits per heavy atom. The second-order valence-corrected chi connectivity index (χ2v) is 12.9. The monoisotopic (exact) mass is 591 g/mol. The SMILES string of the molecule is C#CCn1c(=NC(=O)c2ccc(S(=O)(=O)N3CCN(C(=O)OCC)CC3)cc2)sc2cc(S(N)(=O)=O)ccc21. The molecule has 3 aromatic rings. The zero-order valence-corrected chi connectivity index (χ0v) is 23.3. The van der Waals surface area contributed by atoms with Crippen molar-refractivity contribution in [1.82, 2.24) is 13.8 Å². The summed E-state index contributed by atoms with van der Waals surface area (Å²) in [5, 5.41) is 5.22. The number of hydrogen-bond donors (Lipinski definition) is 1. The summed E-state index contributed by atoms with van der Waals surface area (Å²) in [5.74, 6) is 1.85. The number of thiazole rings is 1. The highest BCUT2D eigenvalue weighted by atomic mass is 32.2. The number of terminal acetylenes is 1. The lowest BCUT2D eigenvalue weighted by molar-refractivity contribution is 0.0933. The third kappa shape index (κ3) is 6.05. The predicted octanol–water partition coefficient (Wildman–Crippen LogP) is 1.19. The molecule has 2 N–H and O–H groups in total. The van der Waals surface area contributed by atoms with Gasteiger partial charge in [0.25, 0.3) is 5.91 Å². The molecule has 1 aromatic heterocycles. The molecular formula is C24H25N5O7S3. The third-order valence-corrected chi connectivity index (χ3v) is 9.80. The average molecular weight is 592 g/mol. The Morgan fingerprint density at radius 1 is 1.05 bits per heavy atom. The van der Waals surface area contributed by atoms with Gasteiger partial charge in [0.1, 0.15) is 0 Å². The van der Waals surface area contributed by atoms with Crippen molar-refractivity contribution >= 4 is 53.6 Å². The first-order chi connectivity index (χ1) is 18.5. The molecule has 39 heavy (non-hydrogen) atoms. The minimum atomic E-state index is -3.93. The van der Waals surface area contributed by atoms with Crippen molar-refractivity contribution in [1.29, 1.82) is 0 Å². The maximum absolute atomic E-state index is 13.1. The van der Waals surface area contributed by atoms with Gasteiger partial charge in [-0.05, 0) is 49.4 Å². The van der Waals surface area contributed by atoms with Gasteiger partial charge < -0.3 is 14.2 Å². The zero-order valence-electron chi connectivity index (χ0n) is 20.8. The molecule has 0 atom stereocenters. The van der Waals surface area contributed by atoms with Gasteiger partial charge in [0.15, 0.2) is 4.80 Å². The molecule has 15 heteroatoms. The van der Waals surface area contributed by atoms with Crippen molar-refractivity contribution in [3.63, 3.8) is 0 Å². The molecule has 1 fully saturated rings. The molecule has 12 nitrogen and oxygen atoms in total. The van der Waals surface area contributed by atoms with E-state index in [2.05, 4.69) is 10.9 Å². The van der Waals surface area contributed by atoms with Crippen molar-refractivity contribution in [3.8, 4) is 12.3 Å². The van der Waals surface area contributed by atoms with E-state index in [1.165, 1.54) is 45.6 Å². The number of nitrogens with zero attached hydrogens (tertiary/aromatic N) is 4. The van der Waals surface area contributed by atoms with E-state index in [1.807, 2.05) is 0 Å². The number of benzene rings is 2. The number of hydrogen-bond acceptors (Lipinski definition) is 8. The Kier molecular flexibility index (Phi) is 8.23. The number of ether oxygens (including phenoxy) is 1. The van der Waals surface area contributed by atoms with Crippen LogP contribution in [-0.4, -0.2) is 75.4 Å². The highest BCUT2D eigenvalue weighted by molar-refractivity contribution is 7.89. The fourth-order valence-corrected chi connectivity index (χ4v) is 7.06. The van der Waals surface area contributed by atoms with Crippen molar-refractivity contribution < 1.29 is 31.2 Å². The van der Waals surface area contributed by atoms with Crippen molar-refractivity contribution in [2.75, 3.05) is 32.8 Å². The largest absolute Gasteiger partial charge is 0.450 e. The first kappa shape index (κ1) is 28.5. The minimum Gasteiger partial charge on any atom is -0.450 e. The van der Waals surface area contributed by atoms with Crippen LogP contribution in [0.2, 0.25) is 0 Å². The van der Waals surface area contributed by atoms with Gasteiger partial charge in [0.05, 0.1) is 33.2 Å². The number of carbonyl (C=O) groups is 2. The van der Waals surface area contributed by atoms with E-state index >= 15 is 0 Å². The Labute approximate surface area is 229 Å². The highest BCUT2D eigenvalue weighted by Gasteiger charge is 2.30. The van der Waals surface area contributed by atoms with Crippen molar-refractivity contribution in [3.05, 3.63) is 52.8 Å². The lowest BCUT2D eigenvalue weighted by Crippen LogP contribution is -2.50. The third-order valence-electron chi connectivity index (χ3n) is 5.93. The molecule has 0 radical (unpaired) electrons. The van der Waals surface area contributed by atoms with Crippen LogP contribution in [0.4, 0.5) is 4.79 Å². The smallest absolute Gasteiger partial charge is 0.409 e. The van der Waals surface area contributed by atoms with Gasteiger partial charge in [-0.15, -0.1) is 6.42 Å². The molecule has 0 bridgehead atoms. The van der Waals surface area contributed by atoms with Gasteiger partial charge in [0.2, 0.25) is 20.0 Å². The normalized spacial score (nSPS) is 15.3. The van der Waals surface area contributed by atoms with Crippen LogP contribution in [0.25, 0.3) is 10.2 Å².